The van der Waals surface area contributed by atoms with Gasteiger partial charge in [0.2, 0.25) is 5.88 Å². The molecule has 0 saturated carbocycles. The Morgan fingerprint density at radius 2 is 2.06 bits per heavy atom. The van der Waals surface area contributed by atoms with Crippen molar-refractivity contribution in [3.05, 3.63) is 29.5 Å². The summed E-state index contributed by atoms with van der Waals surface area (Å²) in [7, 11) is 1.52. The molecule has 0 fully saturated rings. The molecule has 1 aromatic rings. The van der Waals surface area contributed by atoms with E-state index in [1.165, 1.54) is 13.2 Å². The van der Waals surface area contributed by atoms with Crippen LogP contribution in [0.25, 0.3) is 6.08 Å². The number of ether oxygens (including phenoxy) is 1. The lowest BCUT2D eigenvalue weighted by Gasteiger charge is -2.18. The van der Waals surface area contributed by atoms with Crippen LogP contribution in [0.5, 0.6) is 5.88 Å². The van der Waals surface area contributed by atoms with Crippen LogP contribution in [0.2, 0.25) is 0 Å². The Morgan fingerprint density at radius 1 is 1.41 bits per heavy atom. The number of nitrogens with zero attached hydrogens (tertiary/aromatic N) is 1. The summed E-state index contributed by atoms with van der Waals surface area (Å²) in [5.74, 6) is -0.554. The lowest BCUT2D eigenvalue weighted by atomic mass is 9.91. The minimum absolute atomic E-state index is 0.0671. The quantitative estimate of drug-likeness (QED) is 0.818. The van der Waals surface area contributed by atoms with Gasteiger partial charge in [-0.05, 0) is 18.2 Å². The van der Waals surface area contributed by atoms with Crippen molar-refractivity contribution in [1.82, 2.24) is 4.98 Å². The lowest BCUT2D eigenvalue weighted by molar-refractivity contribution is -0.131. The standard InChI is InChI=1S/C13H17NO3/c1-13(2,3)10-7-5-9(6-8-11(15)16)12(14-10)17-4/h5-8H,1-4H3,(H,15,16)/b8-6+. The molecular formula is C13H17NO3. The third-order valence-corrected chi connectivity index (χ3v) is 2.26. The van der Waals surface area contributed by atoms with E-state index in [2.05, 4.69) is 25.8 Å². The fraction of sp³-hybridized carbons (Fsp3) is 0.385. The maximum absolute atomic E-state index is 10.5. The van der Waals surface area contributed by atoms with E-state index < -0.39 is 5.97 Å². The predicted octanol–water partition coefficient (Wildman–Crippen LogP) is 2.49. The Hall–Kier alpha value is -1.84. The number of aliphatic carboxylic acids is 1. The number of hydrogen-bond donors (Lipinski definition) is 1. The van der Waals surface area contributed by atoms with Crippen LogP contribution in [-0.4, -0.2) is 23.2 Å². The second-order valence-corrected chi connectivity index (χ2v) is 4.72. The number of carboxylic acid groups (broad SMARTS) is 1. The van der Waals surface area contributed by atoms with E-state index in [1.807, 2.05) is 12.1 Å². The van der Waals surface area contributed by atoms with E-state index in [0.717, 1.165) is 11.8 Å². The fourth-order valence-corrected chi connectivity index (χ4v) is 1.32. The molecule has 0 atom stereocenters. The Labute approximate surface area is 101 Å². The van der Waals surface area contributed by atoms with Crippen molar-refractivity contribution in [3.8, 4) is 5.88 Å². The zero-order valence-electron chi connectivity index (χ0n) is 10.5. The largest absolute Gasteiger partial charge is 0.481 e. The van der Waals surface area contributed by atoms with E-state index in [4.69, 9.17) is 9.84 Å². The van der Waals surface area contributed by atoms with Crippen molar-refractivity contribution in [1.29, 1.82) is 0 Å². The van der Waals surface area contributed by atoms with Gasteiger partial charge in [-0.1, -0.05) is 20.8 Å². The van der Waals surface area contributed by atoms with Crippen LogP contribution < -0.4 is 4.74 Å². The fourth-order valence-electron chi connectivity index (χ4n) is 1.32. The van der Waals surface area contributed by atoms with Crippen molar-refractivity contribution in [2.75, 3.05) is 7.11 Å². The highest BCUT2D eigenvalue weighted by molar-refractivity contribution is 5.85. The highest BCUT2D eigenvalue weighted by Crippen LogP contribution is 2.25. The summed E-state index contributed by atoms with van der Waals surface area (Å²) in [4.78, 5) is 14.8. The summed E-state index contributed by atoms with van der Waals surface area (Å²) >= 11 is 0. The third kappa shape index (κ3) is 3.59. The topological polar surface area (TPSA) is 59.4 Å². The van der Waals surface area contributed by atoms with Crippen molar-refractivity contribution >= 4 is 12.0 Å². The normalized spacial score (nSPS) is 11.8. The molecule has 4 heteroatoms. The Balaban J connectivity index is 3.14. The molecule has 1 aromatic heterocycles. The molecule has 0 amide bonds. The van der Waals surface area contributed by atoms with Gasteiger partial charge >= 0.3 is 5.97 Å². The average molecular weight is 235 g/mol. The second kappa shape index (κ2) is 4.99. The van der Waals surface area contributed by atoms with Gasteiger partial charge < -0.3 is 9.84 Å². The van der Waals surface area contributed by atoms with Gasteiger partial charge in [-0.25, -0.2) is 9.78 Å². The molecule has 0 aliphatic heterocycles. The van der Waals surface area contributed by atoms with Crippen LogP contribution in [0, 0.1) is 0 Å². The molecule has 1 rings (SSSR count). The van der Waals surface area contributed by atoms with Gasteiger partial charge in [-0.2, -0.15) is 0 Å². The van der Waals surface area contributed by atoms with Crippen LogP contribution in [0.3, 0.4) is 0 Å². The molecule has 92 valence electrons. The monoisotopic (exact) mass is 235 g/mol. The number of rotatable bonds is 3. The number of carbonyl (C=O) groups is 1. The number of methoxy groups -OCH3 is 1. The zero-order valence-corrected chi connectivity index (χ0v) is 10.5. The number of hydrogen-bond acceptors (Lipinski definition) is 3. The van der Waals surface area contributed by atoms with Gasteiger partial charge in [0, 0.05) is 22.7 Å². The van der Waals surface area contributed by atoms with E-state index in [9.17, 15) is 4.79 Å². The minimum Gasteiger partial charge on any atom is -0.481 e. The molecule has 0 aromatic carbocycles. The molecule has 17 heavy (non-hydrogen) atoms. The molecule has 0 spiro atoms. The Bertz CT molecular complexity index is 444. The van der Waals surface area contributed by atoms with Crippen LogP contribution in [-0.2, 0) is 10.2 Å². The summed E-state index contributed by atoms with van der Waals surface area (Å²) in [6.45, 7) is 6.17. The summed E-state index contributed by atoms with van der Waals surface area (Å²) < 4.78 is 5.16. The third-order valence-electron chi connectivity index (χ3n) is 2.26. The first-order valence-electron chi connectivity index (χ1n) is 5.31. The number of carboxylic acids is 1. The Kier molecular flexibility index (Phi) is 3.89. The van der Waals surface area contributed by atoms with Crippen molar-refractivity contribution in [3.63, 3.8) is 0 Å². The van der Waals surface area contributed by atoms with E-state index in [1.54, 1.807) is 0 Å². The van der Waals surface area contributed by atoms with Crippen LogP contribution in [0.4, 0.5) is 0 Å². The van der Waals surface area contributed by atoms with Crippen LogP contribution in [0.15, 0.2) is 18.2 Å². The summed E-state index contributed by atoms with van der Waals surface area (Å²) in [5.41, 5.74) is 1.49. The van der Waals surface area contributed by atoms with Crippen LogP contribution >= 0.6 is 0 Å². The molecule has 1 heterocycles. The van der Waals surface area contributed by atoms with Gasteiger partial charge in [0.05, 0.1) is 7.11 Å². The molecule has 4 nitrogen and oxygen atoms in total. The second-order valence-electron chi connectivity index (χ2n) is 4.72. The molecular weight excluding hydrogens is 218 g/mol. The van der Waals surface area contributed by atoms with Gasteiger partial charge in [-0.3, -0.25) is 0 Å². The maximum atomic E-state index is 10.5. The average Bonchev–Trinajstić information content (AvgIpc) is 2.24. The van der Waals surface area contributed by atoms with Crippen molar-refractivity contribution < 1.29 is 14.6 Å². The molecule has 0 radical (unpaired) electrons. The van der Waals surface area contributed by atoms with Gasteiger partial charge in [-0.15, -0.1) is 0 Å². The van der Waals surface area contributed by atoms with Gasteiger partial charge in [0.1, 0.15) is 0 Å². The Morgan fingerprint density at radius 3 is 2.53 bits per heavy atom. The summed E-state index contributed by atoms with van der Waals surface area (Å²) in [6.07, 6.45) is 2.54. The van der Waals surface area contributed by atoms with Gasteiger partial charge in [0.15, 0.2) is 0 Å². The van der Waals surface area contributed by atoms with E-state index in [-0.39, 0.29) is 5.41 Å². The highest BCUT2D eigenvalue weighted by atomic mass is 16.5. The molecule has 0 bridgehead atoms. The predicted molar refractivity (Wildman–Crippen MR) is 66.2 cm³/mol. The van der Waals surface area contributed by atoms with E-state index in [0.29, 0.717) is 11.4 Å². The first-order valence-corrected chi connectivity index (χ1v) is 5.31. The van der Waals surface area contributed by atoms with Crippen molar-refractivity contribution in [2.45, 2.75) is 26.2 Å². The smallest absolute Gasteiger partial charge is 0.328 e. The zero-order chi connectivity index (χ0) is 13.1. The van der Waals surface area contributed by atoms with Gasteiger partial charge in [0.25, 0.3) is 0 Å². The molecule has 0 aliphatic carbocycles. The first kappa shape index (κ1) is 13.2. The number of aromatic nitrogens is 1. The molecule has 0 saturated heterocycles. The summed E-state index contributed by atoms with van der Waals surface area (Å²) in [5, 5.41) is 8.57. The summed E-state index contributed by atoms with van der Waals surface area (Å²) in [6, 6.07) is 3.69. The highest BCUT2D eigenvalue weighted by Gasteiger charge is 2.17. The van der Waals surface area contributed by atoms with Crippen LogP contribution in [0.1, 0.15) is 32.0 Å². The minimum atomic E-state index is -0.994. The van der Waals surface area contributed by atoms with Crippen molar-refractivity contribution in [2.24, 2.45) is 0 Å². The molecule has 0 unspecified atom stereocenters. The SMILES string of the molecule is COc1nc(C(C)(C)C)ccc1/C=C/C(=O)O. The van der Waals surface area contributed by atoms with E-state index >= 15 is 0 Å². The first-order chi connectivity index (χ1) is 7.84. The maximum Gasteiger partial charge on any atom is 0.328 e. The molecule has 1 N–H and O–H groups in total. The number of pyridine rings is 1. The lowest BCUT2D eigenvalue weighted by Crippen LogP contribution is -2.14. The molecule has 0 aliphatic rings.